The van der Waals surface area contributed by atoms with Gasteiger partial charge in [0.1, 0.15) is 5.82 Å². The van der Waals surface area contributed by atoms with Crippen LogP contribution in [0.1, 0.15) is 31.2 Å². The zero-order chi connectivity index (χ0) is 17.4. The topological polar surface area (TPSA) is 49.9 Å². The molecule has 1 aliphatic rings. The summed E-state index contributed by atoms with van der Waals surface area (Å²) in [4.78, 5) is 27.9. The smallest absolute Gasteiger partial charge is 0.242 e. The van der Waals surface area contributed by atoms with Crippen LogP contribution < -0.4 is 0 Å². The molecule has 0 aromatic heterocycles. The van der Waals surface area contributed by atoms with Crippen molar-refractivity contribution in [2.75, 3.05) is 33.4 Å². The van der Waals surface area contributed by atoms with E-state index in [0.29, 0.717) is 32.7 Å². The molecule has 6 heteroatoms. The SMILES string of the molecule is COCCCN(Cc1ccc(F)cc1)C(=O)CN1CCCCC1=O. The molecular weight excluding hydrogens is 311 g/mol. The predicted octanol–water partition coefficient (Wildman–Crippen LogP) is 2.20. The second kappa shape index (κ2) is 9.37. The van der Waals surface area contributed by atoms with E-state index in [1.54, 1.807) is 29.0 Å². The Labute approximate surface area is 142 Å². The van der Waals surface area contributed by atoms with Crippen molar-refractivity contribution in [2.45, 2.75) is 32.2 Å². The molecular formula is C18H25FN2O3. The van der Waals surface area contributed by atoms with Crippen molar-refractivity contribution < 1.29 is 18.7 Å². The number of carbonyl (C=O) groups is 2. The number of benzene rings is 1. The van der Waals surface area contributed by atoms with E-state index in [4.69, 9.17) is 4.74 Å². The zero-order valence-electron chi connectivity index (χ0n) is 14.2. The summed E-state index contributed by atoms with van der Waals surface area (Å²) >= 11 is 0. The minimum atomic E-state index is -0.296. The van der Waals surface area contributed by atoms with E-state index in [1.165, 1.54) is 12.1 Å². The van der Waals surface area contributed by atoms with Crippen LogP contribution in [0, 0.1) is 5.82 Å². The Morgan fingerprint density at radius 2 is 2.04 bits per heavy atom. The molecule has 1 aliphatic heterocycles. The van der Waals surface area contributed by atoms with E-state index in [-0.39, 0.29) is 24.2 Å². The summed E-state index contributed by atoms with van der Waals surface area (Å²) in [6.45, 7) is 2.28. The number of ether oxygens (including phenoxy) is 1. The summed E-state index contributed by atoms with van der Waals surface area (Å²) in [5, 5.41) is 0. The highest BCUT2D eigenvalue weighted by atomic mass is 19.1. The molecule has 0 radical (unpaired) electrons. The molecule has 1 aromatic rings. The molecule has 0 unspecified atom stereocenters. The van der Waals surface area contributed by atoms with Gasteiger partial charge in [0, 0.05) is 39.8 Å². The maximum atomic E-state index is 13.0. The predicted molar refractivity (Wildman–Crippen MR) is 88.7 cm³/mol. The molecule has 2 rings (SSSR count). The first-order valence-electron chi connectivity index (χ1n) is 8.39. The number of likely N-dealkylation sites (tertiary alicyclic amines) is 1. The maximum Gasteiger partial charge on any atom is 0.242 e. The number of halogens is 1. The first-order valence-corrected chi connectivity index (χ1v) is 8.39. The Morgan fingerprint density at radius 3 is 2.71 bits per heavy atom. The largest absolute Gasteiger partial charge is 0.385 e. The number of amides is 2. The lowest BCUT2D eigenvalue weighted by molar-refractivity contribution is -0.142. The van der Waals surface area contributed by atoms with Crippen LogP contribution in [-0.4, -0.2) is 55.0 Å². The van der Waals surface area contributed by atoms with E-state index in [9.17, 15) is 14.0 Å². The highest BCUT2D eigenvalue weighted by molar-refractivity contribution is 5.85. The molecule has 1 aromatic carbocycles. The highest BCUT2D eigenvalue weighted by Gasteiger charge is 2.23. The Morgan fingerprint density at radius 1 is 1.29 bits per heavy atom. The van der Waals surface area contributed by atoms with E-state index < -0.39 is 0 Å². The minimum absolute atomic E-state index is 0.0493. The first kappa shape index (κ1) is 18.4. The van der Waals surface area contributed by atoms with Gasteiger partial charge in [-0.05, 0) is 37.0 Å². The van der Waals surface area contributed by atoms with Gasteiger partial charge >= 0.3 is 0 Å². The summed E-state index contributed by atoms with van der Waals surface area (Å²) in [6.07, 6.45) is 3.09. The van der Waals surface area contributed by atoms with Crippen LogP contribution in [0.5, 0.6) is 0 Å². The van der Waals surface area contributed by atoms with Crippen molar-refractivity contribution in [2.24, 2.45) is 0 Å². The average molecular weight is 336 g/mol. The van der Waals surface area contributed by atoms with Gasteiger partial charge in [0.05, 0.1) is 6.54 Å². The Balaban J connectivity index is 1.98. The van der Waals surface area contributed by atoms with E-state index in [2.05, 4.69) is 0 Å². The fourth-order valence-electron chi connectivity index (χ4n) is 2.79. The first-order chi connectivity index (χ1) is 11.6. The Kier molecular flexibility index (Phi) is 7.18. The van der Waals surface area contributed by atoms with E-state index >= 15 is 0 Å². The van der Waals surface area contributed by atoms with Crippen molar-refractivity contribution in [3.8, 4) is 0 Å². The van der Waals surface area contributed by atoms with Crippen LogP contribution in [0.25, 0.3) is 0 Å². The lowest BCUT2D eigenvalue weighted by Crippen LogP contribution is -2.44. The summed E-state index contributed by atoms with van der Waals surface area (Å²) in [6, 6.07) is 6.14. The second-order valence-corrected chi connectivity index (χ2v) is 6.06. The summed E-state index contributed by atoms with van der Waals surface area (Å²) in [7, 11) is 1.62. The van der Waals surface area contributed by atoms with Crippen LogP contribution in [0.2, 0.25) is 0 Å². The van der Waals surface area contributed by atoms with Gasteiger partial charge in [0.25, 0.3) is 0 Å². The molecule has 2 amide bonds. The molecule has 0 saturated carbocycles. The monoisotopic (exact) mass is 336 g/mol. The van der Waals surface area contributed by atoms with Gasteiger partial charge in [-0.15, -0.1) is 0 Å². The van der Waals surface area contributed by atoms with Gasteiger partial charge in [-0.3, -0.25) is 9.59 Å². The molecule has 0 atom stereocenters. The van der Waals surface area contributed by atoms with Gasteiger partial charge in [0.15, 0.2) is 0 Å². The lowest BCUT2D eigenvalue weighted by Gasteiger charge is -2.30. The molecule has 1 heterocycles. The molecule has 0 N–H and O–H groups in total. The van der Waals surface area contributed by atoms with Crippen molar-refractivity contribution in [3.05, 3.63) is 35.6 Å². The normalized spacial score (nSPS) is 14.8. The number of piperidine rings is 1. The van der Waals surface area contributed by atoms with Gasteiger partial charge < -0.3 is 14.5 Å². The highest BCUT2D eigenvalue weighted by Crippen LogP contribution is 2.12. The molecule has 1 fully saturated rings. The third-order valence-electron chi connectivity index (χ3n) is 4.16. The molecule has 24 heavy (non-hydrogen) atoms. The number of methoxy groups -OCH3 is 1. The maximum absolute atomic E-state index is 13.0. The van der Waals surface area contributed by atoms with Crippen molar-refractivity contribution in [1.29, 1.82) is 0 Å². The number of rotatable bonds is 8. The average Bonchev–Trinajstić information content (AvgIpc) is 2.58. The van der Waals surface area contributed by atoms with Crippen LogP contribution in [0.4, 0.5) is 4.39 Å². The zero-order valence-corrected chi connectivity index (χ0v) is 14.2. The summed E-state index contributed by atoms with van der Waals surface area (Å²) in [5.74, 6) is -0.325. The van der Waals surface area contributed by atoms with Crippen molar-refractivity contribution in [1.82, 2.24) is 9.80 Å². The number of nitrogens with zero attached hydrogens (tertiary/aromatic N) is 2. The third kappa shape index (κ3) is 5.60. The van der Waals surface area contributed by atoms with E-state index in [0.717, 1.165) is 24.8 Å². The van der Waals surface area contributed by atoms with Gasteiger partial charge in [0.2, 0.25) is 11.8 Å². The van der Waals surface area contributed by atoms with Crippen LogP contribution in [0.3, 0.4) is 0 Å². The number of hydrogen-bond donors (Lipinski definition) is 0. The fraction of sp³-hybridized carbons (Fsp3) is 0.556. The van der Waals surface area contributed by atoms with Crippen LogP contribution in [0.15, 0.2) is 24.3 Å². The van der Waals surface area contributed by atoms with Crippen molar-refractivity contribution >= 4 is 11.8 Å². The molecule has 0 aliphatic carbocycles. The van der Waals surface area contributed by atoms with Crippen LogP contribution >= 0.6 is 0 Å². The summed E-state index contributed by atoms with van der Waals surface area (Å²) < 4.78 is 18.1. The summed E-state index contributed by atoms with van der Waals surface area (Å²) in [5.41, 5.74) is 0.868. The molecule has 0 spiro atoms. The number of hydrogen-bond acceptors (Lipinski definition) is 3. The lowest BCUT2D eigenvalue weighted by atomic mass is 10.1. The van der Waals surface area contributed by atoms with Gasteiger partial charge in [-0.1, -0.05) is 12.1 Å². The fourth-order valence-corrected chi connectivity index (χ4v) is 2.79. The Bertz CT molecular complexity index is 548. The third-order valence-corrected chi connectivity index (χ3v) is 4.16. The second-order valence-electron chi connectivity index (χ2n) is 6.06. The van der Waals surface area contributed by atoms with Gasteiger partial charge in [-0.2, -0.15) is 0 Å². The molecule has 0 bridgehead atoms. The van der Waals surface area contributed by atoms with Crippen molar-refractivity contribution in [3.63, 3.8) is 0 Å². The number of carbonyl (C=O) groups excluding carboxylic acids is 2. The molecule has 1 saturated heterocycles. The minimum Gasteiger partial charge on any atom is -0.385 e. The van der Waals surface area contributed by atoms with Crippen LogP contribution in [-0.2, 0) is 20.9 Å². The standard InChI is InChI=1S/C18H25FN2O3/c1-24-12-4-11-20(13-15-6-8-16(19)9-7-15)18(23)14-21-10-3-2-5-17(21)22/h6-9H,2-5,10-14H2,1H3. The quantitative estimate of drug-likeness (QED) is 0.684. The molecule has 132 valence electrons. The molecule has 5 nitrogen and oxygen atoms in total. The van der Waals surface area contributed by atoms with E-state index in [1.807, 2.05) is 0 Å². The van der Waals surface area contributed by atoms with Gasteiger partial charge in [-0.25, -0.2) is 4.39 Å². The Hall–Kier alpha value is -1.95.